The molecule has 0 aromatic heterocycles. The van der Waals surface area contributed by atoms with Gasteiger partial charge in [0.2, 0.25) is 0 Å². The van der Waals surface area contributed by atoms with E-state index in [1.807, 2.05) is 6.08 Å². The zero-order valence-corrected chi connectivity index (χ0v) is 7.47. The van der Waals surface area contributed by atoms with Gasteiger partial charge in [0.05, 0.1) is 0 Å². The van der Waals surface area contributed by atoms with Gasteiger partial charge in [0.1, 0.15) is 0 Å². The van der Waals surface area contributed by atoms with Gasteiger partial charge in [0.25, 0.3) is 0 Å². The first-order valence-corrected chi connectivity index (χ1v) is 3.38. The molecule has 0 amide bonds. The highest BCUT2D eigenvalue weighted by Crippen LogP contribution is 1.66. The van der Waals surface area contributed by atoms with E-state index in [-0.39, 0.29) is 0 Å². The SMILES string of the molecule is C=C=C.C=CC=C.C=CCC. The van der Waals surface area contributed by atoms with E-state index in [0.717, 1.165) is 6.42 Å². The second-order valence-electron chi connectivity index (χ2n) is 1.42. The summed E-state index contributed by atoms with van der Waals surface area (Å²) in [6.07, 6.45) is 6.24. The van der Waals surface area contributed by atoms with Crippen molar-refractivity contribution < 1.29 is 0 Å². The molecule has 0 fully saturated rings. The molecule has 0 bridgehead atoms. The van der Waals surface area contributed by atoms with E-state index in [1.54, 1.807) is 12.2 Å². The highest BCUT2D eigenvalue weighted by Gasteiger charge is 1.45. The van der Waals surface area contributed by atoms with Crippen molar-refractivity contribution in [3.05, 3.63) is 56.9 Å². The van der Waals surface area contributed by atoms with Gasteiger partial charge < -0.3 is 0 Å². The van der Waals surface area contributed by atoms with E-state index < -0.39 is 0 Å². The molecule has 0 atom stereocenters. The van der Waals surface area contributed by atoms with Gasteiger partial charge in [-0.2, -0.15) is 0 Å². The van der Waals surface area contributed by atoms with Crippen LogP contribution in [-0.2, 0) is 0 Å². The lowest BCUT2D eigenvalue weighted by Crippen LogP contribution is -1.36. The van der Waals surface area contributed by atoms with E-state index in [0.29, 0.717) is 0 Å². The monoisotopic (exact) mass is 150 g/mol. The first-order chi connectivity index (χ1) is 5.24. The minimum absolute atomic E-state index is 1.08. The quantitative estimate of drug-likeness (QED) is 0.318. The summed E-state index contributed by atoms with van der Waals surface area (Å²) in [6.45, 7) is 18.5. The Hall–Kier alpha value is -1.26. The lowest BCUT2D eigenvalue weighted by atomic mass is 10.5. The Bertz CT molecular complexity index is 106. The van der Waals surface area contributed by atoms with E-state index in [4.69, 9.17) is 0 Å². The Morgan fingerprint density at radius 2 is 1.27 bits per heavy atom. The van der Waals surface area contributed by atoms with E-state index in [1.165, 1.54) is 0 Å². The van der Waals surface area contributed by atoms with Crippen molar-refractivity contribution in [3.8, 4) is 0 Å². The molecule has 62 valence electrons. The third kappa shape index (κ3) is 725. The van der Waals surface area contributed by atoms with Gasteiger partial charge in [-0.15, -0.1) is 12.3 Å². The summed E-state index contributed by atoms with van der Waals surface area (Å²) in [5.41, 5.74) is 2.25. The van der Waals surface area contributed by atoms with Crippen LogP contribution in [0.5, 0.6) is 0 Å². The van der Waals surface area contributed by atoms with Crippen molar-refractivity contribution >= 4 is 0 Å². The molecule has 11 heavy (non-hydrogen) atoms. The molecule has 0 heteroatoms. The Morgan fingerprint density at radius 3 is 1.27 bits per heavy atom. The minimum atomic E-state index is 1.08. The van der Waals surface area contributed by atoms with Crippen LogP contribution in [-0.4, -0.2) is 0 Å². The van der Waals surface area contributed by atoms with E-state index >= 15 is 0 Å². The van der Waals surface area contributed by atoms with E-state index in [2.05, 4.69) is 45.5 Å². The Labute approximate surface area is 71.0 Å². The normalized spacial score (nSPS) is 4.82. The molecule has 0 nitrogen and oxygen atoms in total. The average molecular weight is 150 g/mol. The van der Waals surface area contributed by atoms with Crippen LogP contribution < -0.4 is 0 Å². The van der Waals surface area contributed by atoms with Crippen LogP contribution in [0.15, 0.2) is 56.9 Å². The average Bonchev–Trinajstić information content (AvgIpc) is 2.06. The van der Waals surface area contributed by atoms with Crippen molar-refractivity contribution in [3.63, 3.8) is 0 Å². The molecule has 0 aromatic carbocycles. The summed E-state index contributed by atoms with van der Waals surface area (Å²) < 4.78 is 0. The van der Waals surface area contributed by atoms with Crippen LogP contribution in [0, 0.1) is 0 Å². The lowest BCUT2D eigenvalue weighted by molar-refractivity contribution is 1.23. The molecular weight excluding hydrogens is 132 g/mol. The molecule has 0 aliphatic carbocycles. The molecule has 0 spiro atoms. The predicted octanol–water partition coefficient (Wildman–Crippen LogP) is 3.90. The van der Waals surface area contributed by atoms with Gasteiger partial charge in [0.15, 0.2) is 0 Å². The van der Waals surface area contributed by atoms with Crippen LogP contribution in [0.25, 0.3) is 0 Å². The van der Waals surface area contributed by atoms with Crippen LogP contribution in [0.3, 0.4) is 0 Å². The highest BCUT2D eigenvalue weighted by atomic mass is 13.5. The molecule has 0 rings (SSSR count). The Kier molecular flexibility index (Phi) is 55.7. The molecule has 0 aromatic rings. The van der Waals surface area contributed by atoms with Crippen molar-refractivity contribution in [2.45, 2.75) is 13.3 Å². The molecule has 0 N–H and O–H groups in total. The lowest BCUT2D eigenvalue weighted by Gasteiger charge is -1.57. The first kappa shape index (κ1) is 16.4. The molecular formula is C11H18. The topological polar surface area (TPSA) is 0 Å². The van der Waals surface area contributed by atoms with E-state index in [9.17, 15) is 0 Å². The summed E-state index contributed by atoms with van der Waals surface area (Å²) in [5.74, 6) is 0. The maximum absolute atomic E-state index is 3.48. The van der Waals surface area contributed by atoms with Crippen LogP contribution >= 0.6 is 0 Å². The smallest absolute Gasteiger partial charge is 0.0382 e. The van der Waals surface area contributed by atoms with Gasteiger partial charge in [0, 0.05) is 0 Å². The van der Waals surface area contributed by atoms with Crippen LogP contribution in [0.2, 0.25) is 0 Å². The molecule has 0 saturated carbocycles. The highest BCUT2D eigenvalue weighted by molar-refractivity contribution is 4.88. The fraction of sp³-hybridized carbons (Fsp3) is 0.182. The fourth-order valence-corrected chi connectivity index (χ4v) is 0. The van der Waals surface area contributed by atoms with Crippen LogP contribution in [0.1, 0.15) is 13.3 Å². The molecule has 0 aliphatic heterocycles. The second-order valence-corrected chi connectivity index (χ2v) is 1.42. The molecule has 0 radical (unpaired) electrons. The molecule has 0 aliphatic rings. The minimum Gasteiger partial charge on any atom is -0.137 e. The van der Waals surface area contributed by atoms with Crippen molar-refractivity contribution in [1.82, 2.24) is 0 Å². The first-order valence-electron chi connectivity index (χ1n) is 3.38. The van der Waals surface area contributed by atoms with Crippen LogP contribution in [0.4, 0.5) is 0 Å². The second kappa shape index (κ2) is 37.4. The molecule has 0 unspecified atom stereocenters. The largest absolute Gasteiger partial charge is 0.137 e. The standard InChI is InChI=1S/C4H8.C4H6.C3H4/c2*1-3-4-2;1-3-2/h3H,1,4H2,2H3;3-4H,1-2H2;1-2H2. The zero-order valence-electron chi connectivity index (χ0n) is 7.47. The Balaban J connectivity index is -0.0000000886. The maximum atomic E-state index is 3.48. The van der Waals surface area contributed by atoms with Crippen molar-refractivity contribution in [1.29, 1.82) is 0 Å². The number of rotatable bonds is 2. The summed E-state index contributed by atoms with van der Waals surface area (Å²) in [7, 11) is 0. The summed E-state index contributed by atoms with van der Waals surface area (Å²) in [4.78, 5) is 0. The third-order valence-electron chi connectivity index (χ3n) is 0.455. The maximum Gasteiger partial charge on any atom is -0.0382 e. The predicted molar refractivity (Wildman–Crippen MR) is 55.6 cm³/mol. The van der Waals surface area contributed by atoms with Gasteiger partial charge in [-0.05, 0) is 6.42 Å². The van der Waals surface area contributed by atoms with Gasteiger partial charge in [-0.25, -0.2) is 0 Å². The molecule has 0 saturated heterocycles. The van der Waals surface area contributed by atoms with Crippen molar-refractivity contribution in [2.24, 2.45) is 0 Å². The van der Waals surface area contributed by atoms with Gasteiger partial charge in [-0.3, -0.25) is 0 Å². The number of allylic oxidation sites excluding steroid dienone is 3. The number of hydrogen-bond acceptors (Lipinski definition) is 0. The fourth-order valence-electron chi connectivity index (χ4n) is 0. The summed E-state index contributed by atoms with van der Waals surface area (Å²) in [6, 6.07) is 0. The van der Waals surface area contributed by atoms with Gasteiger partial charge >= 0.3 is 0 Å². The Morgan fingerprint density at radius 1 is 1.09 bits per heavy atom. The number of hydrogen-bond donors (Lipinski definition) is 0. The zero-order chi connectivity index (χ0) is 9.54. The van der Waals surface area contributed by atoms with Crippen molar-refractivity contribution in [2.75, 3.05) is 0 Å². The molecule has 0 heterocycles. The summed E-state index contributed by atoms with van der Waals surface area (Å²) >= 11 is 0. The summed E-state index contributed by atoms with van der Waals surface area (Å²) in [5, 5.41) is 0. The van der Waals surface area contributed by atoms with Gasteiger partial charge in [-0.1, -0.05) is 51.5 Å². The third-order valence-corrected chi connectivity index (χ3v) is 0.455.